The Kier molecular flexibility index (Phi) is 3.96. The van der Waals surface area contributed by atoms with E-state index in [-0.39, 0.29) is 4.90 Å². The first-order chi connectivity index (χ1) is 7.41. The van der Waals surface area contributed by atoms with Crippen LogP contribution < -0.4 is 0 Å². The number of sulfone groups is 1. The molecule has 0 bridgehead atoms. The number of halogens is 3. The first kappa shape index (κ1) is 13.0. The normalized spacial score (nSPS) is 14.1. The van der Waals surface area contributed by atoms with Crippen LogP contribution in [0.4, 0.5) is 13.2 Å². The third-order valence-corrected chi connectivity index (χ3v) is 3.96. The van der Waals surface area contributed by atoms with Gasteiger partial charge in [-0.15, -0.1) is 0 Å². The van der Waals surface area contributed by atoms with E-state index in [1.165, 1.54) is 12.1 Å². The van der Waals surface area contributed by atoms with Crippen molar-refractivity contribution in [3.63, 3.8) is 0 Å². The minimum absolute atomic E-state index is 0.339. The summed E-state index contributed by atoms with van der Waals surface area (Å²) in [5, 5.41) is 0. The molecule has 0 aromatic heterocycles. The van der Waals surface area contributed by atoms with Gasteiger partial charge in [0.05, 0.1) is 4.90 Å². The van der Waals surface area contributed by atoms with Gasteiger partial charge >= 0.3 is 0 Å². The Morgan fingerprint density at radius 2 is 1.75 bits per heavy atom. The van der Waals surface area contributed by atoms with E-state index in [9.17, 15) is 21.6 Å². The van der Waals surface area contributed by atoms with Gasteiger partial charge in [0.1, 0.15) is 0 Å². The van der Waals surface area contributed by atoms with Crippen molar-refractivity contribution in [2.45, 2.75) is 30.2 Å². The number of hydrogen-bond donors (Lipinski definition) is 0. The van der Waals surface area contributed by atoms with Gasteiger partial charge in [-0.2, -0.15) is 0 Å². The lowest BCUT2D eigenvalue weighted by Crippen LogP contribution is -2.25. The fourth-order valence-corrected chi connectivity index (χ4v) is 2.69. The molecule has 0 spiro atoms. The third kappa shape index (κ3) is 2.37. The molecule has 0 heterocycles. The van der Waals surface area contributed by atoms with Crippen LogP contribution in [0.2, 0.25) is 0 Å². The van der Waals surface area contributed by atoms with E-state index in [2.05, 4.69) is 0 Å². The van der Waals surface area contributed by atoms with E-state index < -0.39 is 21.8 Å². The predicted octanol–water partition coefficient (Wildman–Crippen LogP) is 2.58. The molecule has 0 aliphatic heterocycles. The molecular formula is C10H11F3O2S. The summed E-state index contributed by atoms with van der Waals surface area (Å²) in [4.78, 5) is -0.356. The average molecular weight is 252 g/mol. The maximum absolute atomic E-state index is 13.0. The van der Waals surface area contributed by atoms with Gasteiger partial charge in [0.15, 0.2) is 0 Å². The van der Waals surface area contributed by atoms with Gasteiger partial charge in [0, 0.05) is 0 Å². The van der Waals surface area contributed by atoms with Gasteiger partial charge in [0.2, 0.25) is 9.84 Å². The molecule has 0 fully saturated rings. The summed E-state index contributed by atoms with van der Waals surface area (Å²) in [5.41, 5.74) is -2.83. The minimum Gasteiger partial charge on any atom is -0.223 e. The first-order valence-corrected chi connectivity index (χ1v) is 6.20. The van der Waals surface area contributed by atoms with E-state index in [4.69, 9.17) is 0 Å². The fraction of sp³-hybridized carbons (Fsp3) is 0.400. The van der Waals surface area contributed by atoms with Gasteiger partial charge in [0.25, 0.3) is 11.9 Å². The number of alkyl halides is 3. The Labute approximate surface area is 92.0 Å². The van der Waals surface area contributed by atoms with Crippen LogP contribution in [-0.4, -0.2) is 20.3 Å². The van der Waals surface area contributed by atoms with Crippen molar-refractivity contribution in [1.29, 1.82) is 0 Å². The average Bonchev–Trinajstić information content (AvgIpc) is 2.27. The highest BCUT2D eigenvalue weighted by Crippen LogP contribution is 2.25. The fourth-order valence-electron chi connectivity index (χ4n) is 1.33. The van der Waals surface area contributed by atoms with E-state index in [0.717, 1.165) is 6.07 Å². The highest BCUT2D eigenvalue weighted by molar-refractivity contribution is 7.92. The lowest BCUT2D eigenvalue weighted by atomic mass is 10.2. The zero-order valence-corrected chi connectivity index (χ0v) is 9.35. The van der Waals surface area contributed by atoms with Crippen LogP contribution in [0.3, 0.4) is 0 Å². The van der Waals surface area contributed by atoms with E-state index in [0.29, 0.717) is 12.0 Å². The van der Waals surface area contributed by atoms with Gasteiger partial charge < -0.3 is 0 Å². The van der Waals surface area contributed by atoms with Crippen LogP contribution in [0.5, 0.6) is 0 Å². The summed E-state index contributed by atoms with van der Waals surface area (Å²) in [5.74, 6) is 0. The molecule has 1 rings (SSSR count). The summed E-state index contributed by atoms with van der Waals surface area (Å²) < 4.78 is 60.1. The maximum atomic E-state index is 13.0. The van der Waals surface area contributed by atoms with Crippen LogP contribution in [-0.2, 0) is 16.3 Å². The SMILES string of the molecule is CCc1ccccc1S(=O)(=O)C(F)C(F)F. The zero-order chi connectivity index (χ0) is 12.3. The quantitative estimate of drug-likeness (QED) is 0.825. The molecule has 0 aliphatic rings. The Bertz CT molecular complexity index is 457. The topological polar surface area (TPSA) is 34.1 Å². The Morgan fingerprint density at radius 3 is 2.25 bits per heavy atom. The molecule has 0 saturated heterocycles. The highest BCUT2D eigenvalue weighted by atomic mass is 32.2. The van der Waals surface area contributed by atoms with Crippen molar-refractivity contribution in [3.8, 4) is 0 Å². The molecule has 0 amide bonds. The van der Waals surface area contributed by atoms with Crippen LogP contribution in [0.25, 0.3) is 0 Å². The van der Waals surface area contributed by atoms with Gasteiger partial charge in [-0.1, -0.05) is 25.1 Å². The van der Waals surface area contributed by atoms with Gasteiger partial charge in [-0.05, 0) is 18.1 Å². The number of aryl methyl sites for hydroxylation is 1. The summed E-state index contributed by atoms with van der Waals surface area (Å²) >= 11 is 0. The second-order valence-electron chi connectivity index (χ2n) is 3.19. The number of hydrogen-bond acceptors (Lipinski definition) is 2. The zero-order valence-electron chi connectivity index (χ0n) is 8.53. The van der Waals surface area contributed by atoms with Crippen molar-refractivity contribution < 1.29 is 21.6 Å². The molecule has 0 aliphatic carbocycles. The molecule has 1 aromatic rings. The molecule has 0 saturated carbocycles. The van der Waals surface area contributed by atoms with Crippen LogP contribution in [0.1, 0.15) is 12.5 Å². The third-order valence-electron chi connectivity index (χ3n) is 2.15. The molecule has 0 N–H and O–H groups in total. The molecule has 2 nitrogen and oxygen atoms in total. The van der Waals surface area contributed by atoms with E-state index in [1.807, 2.05) is 0 Å². The van der Waals surface area contributed by atoms with Crippen LogP contribution in [0, 0.1) is 0 Å². The van der Waals surface area contributed by atoms with Crippen molar-refractivity contribution in [3.05, 3.63) is 29.8 Å². The minimum atomic E-state index is -4.60. The molecule has 1 unspecified atom stereocenters. The predicted molar refractivity (Wildman–Crippen MR) is 53.9 cm³/mol. The summed E-state index contributed by atoms with van der Waals surface area (Å²) in [7, 11) is -4.60. The molecule has 90 valence electrons. The molecular weight excluding hydrogens is 241 g/mol. The van der Waals surface area contributed by atoms with Gasteiger partial charge in [-0.3, -0.25) is 0 Å². The summed E-state index contributed by atoms with van der Waals surface area (Å²) in [6.45, 7) is 1.67. The Balaban J connectivity index is 3.27. The van der Waals surface area contributed by atoms with Crippen molar-refractivity contribution in [1.82, 2.24) is 0 Å². The number of benzene rings is 1. The van der Waals surface area contributed by atoms with Gasteiger partial charge in [-0.25, -0.2) is 21.6 Å². The first-order valence-electron chi connectivity index (χ1n) is 4.65. The summed E-state index contributed by atoms with van der Waals surface area (Å²) in [6.07, 6.45) is -3.19. The molecule has 0 radical (unpaired) electrons. The summed E-state index contributed by atoms with van der Waals surface area (Å²) in [6, 6.07) is 5.58. The van der Waals surface area contributed by atoms with Crippen molar-refractivity contribution in [2.75, 3.05) is 0 Å². The molecule has 6 heteroatoms. The second-order valence-corrected chi connectivity index (χ2v) is 5.17. The molecule has 1 aromatic carbocycles. The van der Waals surface area contributed by atoms with Crippen molar-refractivity contribution in [2.24, 2.45) is 0 Å². The van der Waals surface area contributed by atoms with Crippen LogP contribution in [0.15, 0.2) is 29.2 Å². The van der Waals surface area contributed by atoms with Crippen LogP contribution >= 0.6 is 0 Å². The lowest BCUT2D eigenvalue weighted by molar-refractivity contribution is 0.0902. The number of rotatable bonds is 4. The monoisotopic (exact) mass is 252 g/mol. The Morgan fingerprint density at radius 1 is 1.19 bits per heavy atom. The highest BCUT2D eigenvalue weighted by Gasteiger charge is 2.36. The van der Waals surface area contributed by atoms with E-state index in [1.54, 1.807) is 13.0 Å². The maximum Gasteiger partial charge on any atom is 0.284 e. The standard InChI is InChI=1S/C10H11F3O2S/c1-2-7-5-3-4-6-8(7)16(14,15)10(13)9(11)12/h3-6,9-10H,2H2,1H3. The van der Waals surface area contributed by atoms with Crippen molar-refractivity contribution >= 4 is 9.84 Å². The van der Waals surface area contributed by atoms with E-state index >= 15 is 0 Å². The second kappa shape index (κ2) is 4.86. The largest absolute Gasteiger partial charge is 0.284 e. The smallest absolute Gasteiger partial charge is 0.223 e. The Hall–Kier alpha value is -1.04. The lowest BCUT2D eigenvalue weighted by Gasteiger charge is -2.11. The molecule has 1 atom stereocenters. The molecule has 16 heavy (non-hydrogen) atoms.